The lowest BCUT2D eigenvalue weighted by Gasteiger charge is -2.17. The van der Waals surface area contributed by atoms with Crippen LogP contribution in [0.2, 0.25) is 0 Å². The van der Waals surface area contributed by atoms with E-state index in [1.807, 2.05) is 12.1 Å². The van der Waals surface area contributed by atoms with E-state index in [4.69, 9.17) is 0 Å². The first-order chi connectivity index (χ1) is 9.04. The highest BCUT2D eigenvalue weighted by atomic mass is 16.3. The number of aromatic hydroxyl groups is 1. The number of rotatable bonds is 4. The van der Waals surface area contributed by atoms with Crippen LogP contribution in [-0.2, 0) is 6.42 Å². The van der Waals surface area contributed by atoms with Crippen LogP contribution in [0, 0.1) is 13.8 Å². The van der Waals surface area contributed by atoms with Crippen molar-refractivity contribution in [3.8, 4) is 5.75 Å². The number of benzene rings is 2. The third-order valence-corrected chi connectivity index (χ3v) is 3.27. The minimum Gasteiger partial charge on any atom is -0.508 e. The van der Waals surface area contributed by atoms with Crippen LogP contribution in [0.3, 0.4) is 0 Å². The van der Waals surface area contributed by atoms with Gasteiger partial charge in [0, 0.05) is 11.7 Å². The zero-order chi connectivity index (χ0) is 13.8. The lowest BCUT2D eigenvalue weighted by Crippen LogP contribution is -2.18. The molecule has 0 aromatic heterocycles. The standard InChI is InChI=1S/C17H21NO/c1-12-4-5-13(2)17(10-12)18-14(3)11-15-6-8-16(19)9-7-15/h4-10,14,18-19H,11H2,1-3H3. The van der Waals surface area contributed by atoms with Crippen molar-refractivity contribution in [2.75, 3.05) is 5.32 Å². The van der Waals surface area contributed by atoms with Crippen molar-refractivity contribution < 1.29 is 5.11 Å². The number of hydrogen-bond acceptors (Lipinski definition) is 2. The van der Waals surface area contributed by atoms with Gasteiger partial charge in [0.1, 0.15) is 5.75 Å². The summed E-state index contributed by atoms with van der Waals surface area (Å²) in [4.78, 5) is 0. The molecular weight excluding hydrogens is 234 g/mol. The fourth-order valence-electron chi connectivity index (χ4n) is 2.19. The Labute approximate surface area is 115 Å². The van der Waals surface area contributed by atoms with Gasteiger partial charge in [0.05, 0.1) is 0 Å². The Morgan fingerprint density at radius 3 is 2.42 bits per heavy atom. The number of phenolic OH excluding ortho intramolecular Hbond substituents is 1. The number of nitrogens with one attached hydrogen (secondary N) is 1. The van der Waals surface area contributed by atoms with Gasteiger partial charge in [-0.25, -0.2) is 0 Å². The fraction of sp³-hybridized carbons (Fsp3) is 0.294. The van der Waals surface area contributed by atoms with Crippen LogP contribution in [0.15, 0.2) is 42.5 Å². The predicted octanol–water partition coefficient (Wildman–Crippen LogP) is 4.05. The molecule has 1 atom stereocenters. The van der Waals surface area contributed by atoms with Gasteiger partial charge in [0.15, 0.2) is 0 Å². The van der Waals surface area contributed by atoms with Gasteiger partial charge >= 0.3 is 0 Å². The summed E-state index contributed by atoms with van der Waals surface area (Å²) in [5.41, 5.74) is 4.96. The van der Waals surface area contributed by atoms with Crippen LogP contribution in [0.4, 0.5) is 5.69 Å². The Morgan fingerprint density at radius 1 is 1.05 bits per heavy atom. The smallest absolute Gasteiger partial charge is 0.115 e. The second kappa shape index (κ2) is 5.79. The summed E-state index contributed by atoms with van der Waals surface area (Å²) in [6, 6.07) is 14.2. The van der Waals surface area contributed by atoms with Gasteiger partial charge in [-0.3, -0.25) is 0 Å². The van der Waals surface area contributed by atoms with Crippen LogP contribution in [-0.4, -0.2) is 11.1 Å². The zero-order valence-electron chi connectivity index (χ0n) is 11.8. The summed E-state index contributed by atoms with van der Waals surface area (Å²) in [6.45, 7) is 6.40. The quantitative estimate of drug-likeness (QED) is 0.863. The number of anilines is 1. The van der Waals surface area contributed by atoms with Gasteiger partial charge in [0.2, 0.25) is 0 Å². The topological polar surface area (TPSA) is 32.3 Å². The van der Waals surface area contributed by atoms with Gasteiger partial charge in [-0.2, -0.15) is 0 Å². The minimum atomic E-state index is 0.318. The molecule has 0 saturated carbocycles. The van der Waals surface area contributed by atoms with Gasteiger partial charge in [0.25, 0.3) is 0 Å². The van der Waals surface area contributed by atoms with E-state index in [-0.39, 0.29) is 0 Å². The molecule has 19 heavy (non-hydrogen) atoms. The van der Waals surface area contributed by atoms with E-state index >= 15 is 0 Å². The highest BCUT2D eigenvalue weighted by Crippen LogP contribution is 2.19. The highest BCUT2D eigenvalue weighted by molar-refractivity contribution is 5.53. The molecule has 0 bridgehead atoms. The maximum atomic E-state index is 9.28. The van der Waals surface area contributed by atoms with Crippen LogP contribution >= 0.6 is 0 Å². The first-order valence-electron chi connectivity index (χ1n) is 6.66. The van der Waals surface area contributed by atoms with Crippen LogP contribution < -0.4 is 5.32 Å². The van der Waals surface area contributed by atoms with Crippen molar-refractivity contribution in [1.82, 2.24) is 0 Å². The summed E-state index contributed by atoms with van der Waals surface area (Å²) in [7, 11) is 0. The molecule has 0 heterocycles. The van der Waals surface area contributed by atoms with Crippen molar-refractivity contribution in [2.24, 2.45) is 0 Å². The molecule has 0 aliphatic carbocycles. The molecule has 0 aliphatic rings. The lowest BCUT2D eigenvalue weighted by molar-refractivity contribution is 0.475. The second-order valence-electron chi connectivity index (χ2n) is 5.23. The van der Waals surface area contributed by atoms with E-state index < -0.39 is 0 Å². The van der Waals surface area contributed by atoms with Crippen molar-refractivity contribution in [1.29, 1.82) is 0 Å². The predicted molar refractivity (Wildman–Crippen MR) is 80.8 cm³/mol. The second-order valence-corrected chi connectivity index (χ2v) is 5.23. The Balaban J connectivity index is 2.02. The van der Waals surface area contributed by atoms with E-state index in [2.05, 4.69) is 44.3 Å². The average Bonchev–Trinajstić information content (AvgIpc) is 2.37. The van der Waals surface area contributed by atoms with E-state index in [1.165, 1.54) is 22.4 Å². The molecule has 0 spiro atoms. The summed E-state index contributed by atoms with van der Waals surface area (Å²) in [5.74, 6) is 0.318. The molecule has 0 saturated heterocycles. The van der Waals surface area contributed by atoms with Crippen molar-refractivity contribution in [3.63, 3.8) is 0 Å². The molecule has 0 fully saturated rings. The first-order valence-corrected chi connectivity index (χ1v) is 6.66. The molecule has 1 unspecified atom stereocenters. The SMILES string of the molecule is Cc1ccc(C)c(NC(C)Cc2ccc(O)cc2)c1. The summed E-state index contributed by atoms with van der Waals surface area (Å²) >= 11 is 0. The van der Waals surface area contributed by atoms with Crippen molar-refractivity contribution in [2.45, 2.75) is 33.2 Å². The van der Waals surface area contributed by atoms with Gasteiger partial charge < -0.3 is 10.4 Å². The van der Waals surface area contributed by atoms with Gasteiger partial charge in [-0.15, -0.1) is 0 Å². The molecular formula is C17H21NO. The summed E-state index contributed by atoms with van der Waals surface area (Å²) in [5, 5.41) is 12.8. The Kier molecular flexibility index (Phi) is 4.10. The lowest BCUT2D eigenvalue weighted by atomic mass is 10.1. The molecule has 100 valence electrons. The van der Waals surface area contributed by atoms with E-state index in [9.17, 15) is 5.11 Å². The first kappa shape index (κ1) is 13.5. The van der Waals surface area contributed by atoms with Gasteiger partial charge in [-0.05, 0) is 62.1 Å². The van der Waals surface area contributed by atoms with Crippen molar-refractivity contribution >= 4 is 5.69 Å². The van der Waals surface area contributed by atoms with E-state index in [0.717, 1.165) is 6.42 Å². The molecule has 2 N–H and O–H groups in total. The van der Waals surface area contributed by atoms with E-state index in [0.29, 0.717) is 11.8 Å². The summed E-state index contributed by atoms with van der Waals surface area (Å²) < 4.78 is 0. The third-order valence-electron chi connectivity index (χ3n) is 3.27. The Bertz CT molecular complexity index is 546. The molecule has 2 heteroatoms. The molecule has 2 rings (SSSR count). The molecule has 0 aliphatic heterocycles. The van der Waals surface area contributed by atoms with Crippen LogP contribution in [0.1, 0.15) is 23.6 Å². The molecule has 0 amide bonds. The minimum absolute atomic E-state index is 0.318. The molecule has 2 aromatic carbocycles. The third kappa shape index (κ3) is 3.75. The van der Waals surface area contributed by atoms with Gasteiger partial charge in [-0.1, -0.05) is 24.3 Å². The largest absolute Gasteiger partial charge is 0.508 e. The molecule has 2 nitrogen and oxygen atoms in total. The maximum absolute atomic E-state index is 9.28. The molecule has 2 aromatic rings. The number of aryl methyl sites for hydroxylation is 2. The number of hydrogen-bond donors (Lipinski definition) is 2. The Morgan fingerprint density at radius 2 is 1.74 bits per heavy atom. The summed E-state index contributed by atoms with van der Waals surface area (Å²) in [6.07, 6.45) is 0.938. The fourth-order valence-corrected chi connectivity index (χ4v) is 2.19. The van der Waals surface area contributed by atoms with Crippen LogP contribution in [0.5, 0.6) is 5.75 Å². The van der Waals surface area contributed by atoms with Crippen molar-refractivity contribution in [3.05, 3.63) is 59.2 Å². The normalized spacial score (nSPS) is 12.2. The molecule has 0 radical (unpaired) electrons. The average molecular weight is 255 g/mol. The highest BCUT2D eigenvalue weighted by Gasteiger charge is 2.06. The van der Waals surface area contributed by atoms with E-state index in [1.54, 1.807) is 12.1 Å². The number of phenols is 1. The van der Waals surface area contributed by atoms with Crippen LogP contribution in [0.25, 0.3) is 0 Å². The zero-order valence-corrected chi connectivity index (χ0v) is 11.8. The monoisotopic (exact) mass is 255 g/mol. The Hall–Kier alpha value is -1.96. The maximum Gasteiger partial charge on any atom is 0.115 e.